The van der Waals surface area contributed by atoms with Gasteiger partial charge in [-0.2, -0.15) is 0 Å². The van der Waals surface area contributed by atoms with Crippen LogP contribution in [0.3, 0.4) is 0 Å². The fourth-order valence-corrected chi connectivity index (χ4v) is 1.95. The van der Waals surface area contributed by atoms with Crippen LogP contribution in [0.4, 0.5) is 8.78 Å². The third-order valence-corrected chi connectivity index (χ3v) is 3.40. The van der Waals surface area contributed by atoms with Crippen molar-refractivity contribution in [2.24, 2.45) is 0 Å². The lowest BCUT2D eigenvalue weighted by atomic mass is 10.2. The van der Waals surface area contributed by atoms with Crippen LogP contribution in [0.15, 0.2) is 0 Å². The highest BCUT2D eigenvalue weighted by Gasteiger charge is 2.24. The van der Waals surface area contributed by atoms with Crippen LogP contribution in [-0.2, 0) is 4.74 Å². The van der Waals surface area contributed by atoms with E-state index in [1.165, 1.54) is 0 Å². The zero-order valence-corrected chi connectivity index (χ0v) is 11.2. The van der Waals surface area contributed by atoms with Gasteiger partial charge in [-0.05, 0) is 20.8 Å². The van der Waals surface area contributed by atoms with Crippen molar-refractivity contribution < 1.29 is 23.1 Å². The van der Waals surface area contributed by atoms with E-state index >= 15 is 0 Å². The molecule has 0 fully saturated rings. The zero-order valence-electron chi connectivity index (χ0n) is 11.2. The molecule has 0 spiro atoms. The highest BCUT2D eigenvalue weighted by Crippen LogP contribution is 2.08. The number of alkyl halides is 2. The van der Waals surface area contributed by atoms with Crippen LogP contribution in [-0.4, -0.2) is 61.5 Å². The molecule has 0 rings (SSSR count). The Hall–Kier alpha value is -0.260. The number of likely N-dealkylation sites (N-methyl/N-ethyl adjacent to an activating group) is 1. The number of nitrogens with zero attached hydrogens (tertiary/aromatic N) is 1. The third kappa shape index (κ3) is 6.91. The second kappa shape index (κ2) is 8.78. The quantitative estimate of drug-likeness (QED) is 0.476. The molecule has 0 heterocycles. The van der Waals surface area contributed by atoms with E-state index in [0.29, 0.717) is 6.54 Å². The molecule has 0 aliphatic rings. The first kappa shape index (κ1) is 16.7. The van der Waals surface area contributed by atoms with E-state index < -0.39 is 12.5 Å². The van der Waals surface area contributed by atoms with Gasteiger partial charge in [-0.25, -0.2) is 8.78 Å². The Labute approximate surface area is 103 Å². The molecule has 5 heteroatoms. The van der Waals surface area contributed by atoms with Crippen LogP contribution < -0.4 is 0 Å². The molecule has 0 aliphatic carbocycles. The Balaban J connectivity index is 3.86. The Morgan fingerprint density at radius 3 is 2.06 bits per heavy atom. The van der Waals surface area contributed by atoms with Crippen molar-refractivity contribution in [3.8, 4) is 0 Å². The van der Waals surface area contributed by atoms with Gasteiger partial charge in [0.15, 0.2) is 0 Å². The third-order valence-electron chi connectivity index (χ3n) is 3.40. The smallest absolute Gasteiger partial charge is 0.240 e. The lowest BCUT2D eigenvalue weighted by molar-refractivity contribution is -0.926. The standard InChI is InChI=1S/C12H26F2NO2/c1-4-15(5-2,6-3)9-11(16)10-17-8-7-12(13)14/h11-12,16H,4-10H2,1-3H3/q+1. The first-order valence-corrected chi connectivity index (χ1v) is 6.38. The largest absolute Gasteiger partial charge is 0.385 e. The van der Waals surface area contributed by atoms with Crippen molar-refractivity contribution in [2.75, 3.05) is 39.4 Å². The highest BCUT2D eigenvalue weighted by molar-refractivity contribution is 4.54. The average molecular weight is 254 g/mol. The van der Waals surface area contributed by atoms with E-state index in [0.717, 1.165) is 24.1 Å². The van der Waals surface area contributed by atoms with E-state index in [1.807, 2.05) is 0 Å². The number of aliphatic hydroxyl groups excluding tert-OH is 1. The highest BCUT2D eigenvalue weighted by atomic mass is 19.3. The molecule has 1 unspecified atom stereocenters. The summed E-state index contributed by atoms with van der Waals surface area (Å²) in [6, 6.07) is 0. The lowest BCUT2D eigenvalue weighted by Crippen LogP contribution is -2.52. The van der Waals surface area contributed by atoms with Crippen LogP contribution in [0, 0.1) is 0 Å². The number of rotatable bonds is 10. The second-order valence-corrected chi connectivity index (χ2v) is 4.38. The monoisotopic (exact) mass is 254 g/mol. The summed E-state index contributed by atoms with van der Waals surface area (Å²) in [6.45, 7) is 9.94. The number of hydrogen-bond acceptors (Lipinski definition) is 2. The molecular formula is C12H26F2NO2+. The van der Waals surface area contributed by atoms with Crippen molar-refractivity contribution in [1.29, 1.82) is 0 Å². The molecule has 0 aromatic heterocycles. The van der Waals surface area contributed by atoms with Gasteiger partial charge in [-0.3, -0.25) is 0 Å². The normalized spacial score (nSPS) is 14.3. The SMILES string of the molecule is CC[N+](CC)(CC)CC(O)COCCC(F)F. The van der Waals surface area contributed by atoms with E-state index in [1.54, 1.807) is 0 Å². The molecule has 1 N–H and O–H groups in total. The topological polar surface area (TPSA) is 29.5 Å². The molecule has 0 aromatic rings. The Morgan fingerprint density at radius 2 is 1.65 bits per heavy atom. The predicted octanol–water partition coefficient (Wildman–Crippen LogP) is 1.90. The van der Waals surface area contributed by atoms with Gasteiger partial charge in [0.1, 0.15) is 12.6 Å². The average Bonchev–Trinajstić information content (AvgIpc) is 2.32. The molecule has 0 saturated carbocycles. The summed E-state index contributed by atoms with van der Waals surface area (Å²) in [7, 11) is 0. The minimum atomic E-state index is -2.33. The van der Waals surface area contributed by atoms with Gasteiger partial charge in [0, 0.05) is 6.42 Å². The minimum absolute atomic E-state index is 0.0130. The predicted molar refractivity (Wildman–Crippen MR) is 64.2 cm³/mol. The number of ether oxygens (including phenoxy) is 1. The first-order chi connectivity index (χ1) is 7.99. The molecular weight excluding hydrogens is 228 g/mol. The van der Waals surface area contributed by atoms with Gasteiger partial charge in [-0.1, -0.05) is 0 Å². The number of quaternary nitrogens is 1. The maximum absolute atomic E-state index is 11.8. The maximum Gasteiger partial charge on any atom is 0.240 e. The van der Waals surface area contributed by atoms with Gasteiger partial charge in [0.25, 0.3) is 0 Å². The first-order valence-electron chi connectivity index (χ1n) is 6.38. The van der Waals surface area contributed by atoms with Crippen LogP contribution in [0.2, 0.25) is 0 Å². The molecule has 0 radical (unpaired) electrons. The van der Waals surface area contributed by atoms with Crippen molar-refractivity contribution in [3.63, 3.8) is 0 Å². The lowest BCUT2D eigenvalue weighted by Gasteiger charge is -2.37. The van der Waals surface area contributed by atoms with Gasteiger partial charge in [-0.15, -0.1) is 0 Å². The summed E-state index contributed by atoms with van der Waals surface area (Å²) in [5.41, 5.74) is 0. The summed E-state index contributed by atoms with van der Waals surface area (Å²) in [6.07, 6.45) is -3.17. The number of halogens is 2. The Morgan fingerprint density at radius 1 is 1.12 bits per heavy atom. The van der Waals surface area contributed by atoms with Crippen molar-refractivity contribution in [1.82, 2.24) is 0 Å². The van der Waals surface area contributed by atoms with E-state index in [9.17, 15) is 13.9 Å². The van der Waals surface area contributed by atoms with Crippen molar-refractivity contribution in [3.05, 3.63) is 0 Å². The molecule has 0 amide bonds. The summed E-state index contributed by atoms with van der Waals surface area (Å²) < 4.78 is 29.6. The van der Waals surface area contributed by atoms with E-state index in [4.69, 9.17) is 4.74 Å². The van der Waals surface area contributed by atoms with Gasteiger partial charge < -0.3 is 14.3 Å². The van der Waals surface area contributed by atoms with Crippen molar-refractivity contribution in [2.45, 2.75) is 39.7 Å². The molecule has 1 atom stereocenters. The van der Waals surface area contributed by atoms with Crippen LogP contribution in [0.1, 0.15) is 27.2 Å². The fraction of sp³-hybridized carbons (Fsp3) is 1.00. The minimum Gasteiger partial charge on any atom is -0.385 e. The fourth-order valence-electron chi connectivity index (χ4n) is 1.95. The van der Waals surface area contributed by atoms with E-state index in [-0.39, 0.29) is 19.6 Å². The van der Waals surface area contributed by atoms with Gasteiger partial charge in [0.2, 0.25) is 6.43 Å². The summed E-state index contributed by atoms with van der Waals surface area (Å²) >= 11 is 0. The second-order valence-electron chi connectivity index (χ2n) is 4.38. The van der Waals surface area contributed by atoms with Gasteiger partial charge in [0.05, 0.1) is 32.8 Å². The number of hydrogen-bond donors (Lipinski definition) is 1. The van der Waals surface area contributed by atoms with E-state index in [2.05, 4.69) is 20.8 Å². The van der Waals surface area contributed by atoms with Crippen molar-refractivity contribution >= 4 is 0 Å². The molecule has 0 bridgehead atoms. The van der Waals surface area contributed by atoms with Crippen LogP contribution in [0.5, 0.6) is 0 Å². The Kier molecular flexibility index (Phi) is 8.64. The molecule has 104 valence electrons. The van der Waals surface area contributed by atoms with Crippen LogP contribution in [0.25, 0.3) is 0 Å². The molecule has 0 aromatic carbocycles. The summed E-state index contributed by atoms with van der Waals surface area (Å²) in [5, 5.41) is 9.82. The maximum atomic E-state index is 11.8. The summed E-state index contributed by atoms with van der Waals surface area (Å²) in [4.78, 5) is 0. The molecule has 0 saturated heterocycles. The number of aliphatic hydroxyl groups is 1. The summed E-state index contributed by atoms with van der Waals surface area (Å²) in [5.74, 6) is 0. The molecule has 3 nitrogen and oxygen atoms in total. The zero-order chi connectivity index (χ0) is 13.3. The molecule has 0 aliphatic heterocycles. The van der Waals surface area contributed by atoms with Gasteiger partial charge >= 0.3 is 0 Å². The Bertz CT molecular complexity index is 179. The molecule has 17 heavy (non-hydrogen) atoms. The van der Waals surface area contributed by atoms with Crippen LogP contribution >= 0.6 is 0 Å².